The summed E-state index contributed by atoms with van der Waals surface area (Å²) in [6, 6.07) is 8.02. The zero-order chi connectivity index (χ0) is 18.2. The van der Waals surface area contributed by atoms with Gasteiger partial charge in [0.25, 0.3) is 0 Å². The number of nitrogens with zero attached hydrogens (tertiary/aromatic N) is 4. The molecule has 146 valence electrons. The average Bonchev–Trinajstić information content (AvgIpc) is 2.59. The smallest absolute Gasteiger partial charge is 0.243 e. The molecule has 1 N–H and O–H groups in total. The maximum atomic E-state index is 11.8. The van der Waals surface area contributed by atoms with Crippen LogP contribution in [0.4, 0.5) is 0 Å². The summed E-state index contributed by atoms with van der Waals surface area (Å²) in [6.07, 6.45) is 0. The van der Waals surface area contributed by atoms with E-state index in [1.54, 1.807) is 19.0 Å². The van der Waals surface area contributed by atoms with Gasteiger partial charge in [0.1, 0.15) is 6.54 Å². The van der Waals surface area contributed by atoms with Crippen molar-refractivity contribution in [3.05, 3.63) is 34.9 Å². The number of likely N-dealkylation sites (N-methyl/N-ethyl adjacent to an activating group) is 1. The van der Waals surface area contributed by atoms with E-state index in [4.69, 9.17) is 11.6 Å². The normalized spacial score (nSPS) is 15.4. The van der Waals surface area contributed by atoms with Crippen LogP contribution in [-0.4, -0.2) is 79.9 Å². The lowest BCUT2D eigenvalue weighted by molar-refractivity contribution is -0.127. The summed E-state index contributed by atoms with van der Waals surface area (Å²) < 4.78 is 0. The molecule has 1 amide bonds. The summed E-state index contributed by atoms with van der Waals surface area (Å²) in [7, 11) is 3.50. The fraction of sp³-hybridized carbons (Fsp3) is 0.556. The maximum absolute atomic E-state index is 11.8. The predicted molar refractivity (Wildman–Crippen MR) is 118 cm³/mol. The van der Waals surface area contributed by atoms with E-state index in [9.17, 15) is 4.79 Å². The van der Waals surface area contributed by atoms with Crippen LogP contribution in [0.2, 0.25) is 5.02 Å². The van der Waals surface area contributed by atoms with Crippen molar-refractivity contribution < 1.29 is 4.79 Å². The second kappa shape index (κ2) is 11.6. The quantitative estimate of drug-likeness (QED) is 0.388. The van der Waals surface area contributed by atoms with Crippen LogP contribution in [0.5, 0.6) is 0 Å². The molecule has 1 aromatic rings. The summed E-state index contributed by atoms with van der Waals surface area (Å²) in [4.78, 5) is 22.5. The van der Waals surface area contributed by atoms with Gasteiger partial charge in [-0.2, -0.15) is 0 Å². The standard InChI is InChI=1S/C18H28ClN5O.HI/c1-4-20-18(21-13-17(25)22(2)3)24-10-8-23(9-11-24)14-15-6-5-7-16(19)12-15;/h5-7,12H,4,8-11,13-14H2,1-3H3,(H,20,21);1H. The molecule has 0 aliphatic carbocycles. The molecular weight excluding hydrogens is 465 g/mol. The van der Waals surface area contributed by atoms with Crippen LogP contribution >= 0.6 is 35.6 Å². The van der Waals surface area contributed by atoms with E-state index in [2.05, 4.69) is 26.2 Å². The molecule has 1 aromatic carbocycles. The van der Waals surface area contributed by atoms with Gasteiger partial charge >= 0.3 is 0 Å². The Morgan fingerprint density at radius 2 is 1.96 bits per heavy atom. The van der Waals surface area contributed by atoms with E-state index in [0.29, 0.717) is 0 Å². The largest absolute Gasteiger partial charge is 0.357 e. The van der Waals surface area contributed by atoms with E-state index in [-0.39, 0.29) is 36.4 Å². The molecule has 2 rings (SSSR count). The first-order valence-corrected chi connectivity index (χ1v) is 9.07. The van der Waals surface area contributed by atoms with Gasteiger partial charge in [0, 0.05) is 58.4 Å². The van der Waals surface area contributed by atoms with Gasteiger partial charge in [0.2, 0.25) is 5.91 Å². The number of hydrogen-bond donors (Lipinski definition) is 1. The lowest BCUT2D eigenvalue weighted by atomic mass is 10.2. The van der Waals surface area contributed by atoms with Gasteiger partial charge in [-0.05, 0) is 24.6 Å². The Morgan fingerprint density at radius 1 is 1.27 bits per heavy atom. The Labute approximate surface area is 178 Å². The summed E-state index contributed by atoms with van der Waals surface area (Å²) in [5, 5.41) is 4.07. The van der Waals surface area contributed by atoms with Crippen LogP contribution in [0.1, 0.15) is 12.5 Å². The summed E-state index contributed by atoms with van der Waals surface area (Å²) in [5.41, 5.74) is 1.23. The topological polar surface area (TPSA) is 51.2 Å². The van der Waals surface area contributed by atoms with Gasteiger partial charge < -0.3 is 15.1 Å². The molecule has 0 bridgehead atoms. The first kappa shape index (κ1) is 23.0. The first-order valence-electron chi connectivity index (χ1n) is 8.69. The molecule has 1 aliphatic heterocycles. The molecule has 6 nitrogen and oxygen atoms in total. The lowest BCUT2D eigenvalue weighted by Crippen LogP contribution is -2.52. The van der Waals surface area contributed by atoms with E-state index >= 15 is 0 Å². The SMILES string of the molecule is CCNC(=NCC(=O)N(C)C)N1CCN(Cc2cccc(Cl)c2)CC1.I. The third-order valence-electron chi connectivity index (χ3n) is 4.16. The van der Waals surface area contributed by atoms with Crippen molar-refractivity contribution in [2.75, 3.05) is 53.4 Å². The third-order valence-corrected chi connectivity index (χ3v) is 4.40. The highest BCUT2D eigenvalue weighted by Crippen LogP contribution is 2.14. The summed E-state index contributed by atoms with van der Waals surface area (Å²) >= 11 is 6.06. The van der Waals surface area contributed by atoms with Crippen LogP contribution in [0.3, 0.4) is 0 Å². The van der Waals surface area contributed by atoms with E-state index in [1.165, 1.54) is 5.56 Å². The first-order chi connectivity index (χ1) is 12.0. The number of guanidine groups is 1. The van der Waals surface area contributed by atoms with Gasteiger partial charge in [-0.3, -0.25) is 9.69 Å². The Kier molecular flexibility index (Phi) is 10.3. The van der Waals surface area contributed by atoms with Gasteiger partial charge in [0.05, 0.1) is 0 Å². The molecule has 0 spiro atoms. The molecule has 1 saturated heterocycles. The third kappa shape index (κ3) is 7.28. The molecule has 1 aliphatic rings. The van der Waals surface area contributed by atoms with Gasteiger partial charge in [0.15, 0.2) is 5.96 Å². The number of piperazine rings is 1. The minimum absolute atomic E-state index is 0. The molecule has 0 saturated carbocycles. The number of aliphatic imine (C=N–C) groups is 1. The van der Waals surface area contributed by atoms with E-state index in [0.717, 1.165) is 50.3 Å². The zero-order valence-electron chi connectivity index (χ0n) is 15.7. The highest BCUT2D eigenvalue weighted by molar-refractivity contribution is 14.0. The fourth-order valence-corrected chi connectivity index (χ4v) is 2.93. The molecule has 0 atom stereocenters. The molecule has 1 heterocycles. The Hall–Kier alpha value is -1.06. The van der Waals surface area contributed by atoms with Crippen LogP contribution in [0.25, 0.3) is 0 Å². The number of rotatable bonds is 5. The number of benzene rings is 1. The van der Waals surface area contributed by atoms with Crippen LogP contribution in [0, 0.1) is 0 Å². The van der Waals surface area contributed by atoms with Crippen molar-refractivity contribution >= 4 is 47.4 Å². The fourth-order valence-electron chi connectivity index (χ4n) is 2.72. The van der Waals surface area contributed by atoms with Crippen molar-refractivity contribution in [3.63, 3.8) is 0 Å². The number of carbonyl (C=O) groups is 1. The average molecular weight is 494 g/mol. The van der Waals surface area contributed by atoms with Gasteiger partial charge in [-0.25, -0.2) is 4.99 Å². The Balaban J connectivity index is 0.00000338. The van der Waals surface area contributed by atoms with Crippen molar-refractivity contribution in [1.29, 1.82) is 0 Å². The van der Waals surface area contributed by atoms with Crippen LogP contribution in [-0.2, 0) is 11.3 Å². The minimum atomic E-state index is 0. The molecule has 0 unspecified atom stereocenters. The predicted octanol–water partition coefficient (Wildman–Crippen LogP) is 2.13. The highest BCUT2D eigenvalue weighted by atomic mass is 127. The number of amides is 1. The van der Waals surface area contributed by atoms with Crippen LogP contribution in [0.15, 0.2) is 29.3 Å². The van der Waals surface area contributed by atoms with Crippen LogP contribution < -0.4 is 5.32 Å². The number of nitrogens with one attached hydrogen (secondary N) is 1. The number of hydrogen-bond acceptors (Lipinski definition) is 3. The summed E-state index contributed by atoms with van der Waals surface area (Å²) in [5.74, 6) is 0.829. The number of halogens is 2. The molecular formula is C18H29ClIN5O. The monoisotopic (exact) mass is 493 g/mol. The van der Waals surface area contributed by atoms with Crippen molar-refractivity contribution in [1.82, 2.24) is 20.0 Å². The Morgan fingerprint density at radius 3 is 2.54 bits per heavy atom. The van der Waals surface area contributed by atoms with Crippen molar-refractivity contribution in [2.45, 2.75) is 13.5 Å². The minimum Gasteiger partial charge on any atom is -0.357 e. The second-order valence-electron chi connectivity index (χ2n) is 6.35. The van der Waals surface area contributed by atoms with Crippen molar-refractivity contribution in [3.8, 4) is 0 Å². The van der Waals surface area contributed by atoms with Crippen molar-refractivity contribution in [2.24, 2.45) is 4.99 Å². The molecule has 26 heavy (non-hydrogen) atoms. The Bertz CT molecular complexity index is 603. The lowest BCUT2D eigenvalue weighted by Gasteiger charge is -2.36. The highest BCUT2D eigenvalue weighted by Gasteiger charge is 2.20. The van der Waals surface area contributed by atoms with E-state index < -0.39 is 0 Å². The molecule has 8 heteroatoms. The molecule has 0 aromatic heterocycles. The van der Waals surface area contributed by atoms with E-state index in [1.807, 2.05) is 25.1 Å². The van der Waals surface area contributed by atoms with Gasteiger partial charge in [-0.15, -0.1) is 24.0 Å². The molecule has 0 radical (unpaired) electrons. The number of carbonyl (C=O) groups excluding carboxylic acids is 1. The molecule has 1 fully saturated rings. The van der Waals surface area contributed by atoms with Gasteiger partial charge in [-0.1, -0.05) is 23.7 Å². The maximum Gasteiger partial charge on any atom is 0.243 e. The zero-order valence-corrected chi connectivity index (χ0v) is 18.8. The second-order valence-corrected chi connectivity index (χ2v) is 6.79. The summed E-state index contributed by atoms with van der Waals surface area (Å²) in [6.45, 7) is 7.61.